The van der Waals surface area contributed by atoms with Crippen LogP contribution in [0.4, 0.5) is 26.7 Å². The lowest BCUT2D eigenvalue weighted by Crippen LogP contribution is -2.49. The Bertz CT molecular complexity index is 738. The molecule has 190 valence electrons. The number of rotatable bonds is 8. The molecule has 0 aromatic rings. The van der Waals surface area contributed by atoms with Crippen molar-refractivity contribution in [3.8, 4) is 0 Å². The molecule has 3 atom stereocenters. The molecule has 1 saturated heterocycles. The van der Waals surface area contributed by atoms with Crippen LogP contribution in [0.25, 0.3) is 0 Å². The molecule has 0 N–H and O–H groups in total. The molecule has 2 amide bonds. The van der Waals surface area contributed by atoms with Gasteiger partial charge in [-0.25, -0.2) is 18.5 Å². The molecule has 33 heavy (non-hydrogen) atoms. The monoisotopic (exact) mass is 485 g/mol. The highest BCUT2D eigenvalue weighted by Crippen LogP contribution is 2.47. The van der Waals surface area contributed by atoms with Crippen molar-refractivity contribution in [2.24, 2.45) is 23.7 Å². The number of cyclic esters (lactones) is 1. The maximum Gasteiger partial charge on any atom is 0.416 e. The number of ether oxygens (including phenoxy) is 2. The zero-order valence-corrected chi connectivity index (χ0v) is 19.5. The number of amides is 2. The summed E-state index contributed by atoms with van der Waals surface area (Å²) < 4.78 is 76.4. The number of imide groups is 1. The Morgan fingerprint density at radius 3 is 2.18 bits per heavy atom. The molecule has 1 heterocycles. The number of alkyl halides is 5. The highest BCUT2D eigenvalue weighted by Gasteiger charge is 2.51. The van der Waals surface area contributed by atoms with Gasteiger partial charge in [-0.3, -0.25) is 9.59 Å². The average Bonchev–Trinajstić information content (AvgIpc) is 2.98. The largest absolute Gasteiger partial charge is 0.460 e. The normalized spacial score (nSPS) is 23.2. The van der Waals surface area contributed by atoms with Crippen molar-refractivity contribution < 1.29 is 45.8 Å². The highest BCUT2D eigenvalue weighted by molar-refractivity contribution is 5.96. The van der Waals surface area contributed by atoms with E-state index in [9.17, 15) is 36.3 Å². The van der Waals surface area contributed by atoms with Crippen LogP contribution in [-0.4, -0.2) is 53.2 Å². The molecule has 0 spiro atoms. The number of halogens is 5. The van der Waals surface area contributed by atoms with Crippen molar-refractivity contribution in [2.75, 3.05) is 6.61 Å². The van der Waals surface area contributed by atoms with Crippen molar-refractivity contribution >= 4 is 18.0 Å². The van der Waals surface area contributed by atoms with Gasteiger partial charge in [-0.2, -0.15) is 13.2 Å². The predicted octanol–water partition coefficient (Wildman–Crippen LogP) is 5.34. The van der Waals surface area contributed by atoms with Crippen LogP contribution < -0.4 is 0 Å². The van der Waals surface area contributed by atoms with E-state index in [2.05, 4.69) is 0 Å². The van der Waals surface area contributed by atoms with E-state index in [1.54, 1.807) is 34.6 Å². The zero-order valence-electron chi connectivity index (χ0n) is 19.5. The summed E-state index contributed by atoms with van der Waals surface area (Å²) in [6.45, 7) is 7.99. The molecule has 0 bridgehead atoms. The molecule has 2 aliphatic rings. The first-order valence-corrected chi connectivity index (χ1v) is 11.1. The Kier molecular flexibility index (Phi) is 8.06. The summed E-state index contributed by atoms with van der Waals surface area (Å²) in [6, 6.07) is -0.703. The Morgan fingerprint density at radius 1 is 1.15 bits per heavy atom. The molecule has 0 aromatic carbocycles. The molecule has 2 fully saturated rings. The third-order valence-electron chi connectivity index (χ3n) is 5.93. The molecular formula is C22H32F5NO5. The number of hydrogen-bond donors (Lipinski definition) is 0. The van der Waals surface area contributed by atoms with E-state index >= 15 is 0 Å². The van der Waals surface area contributed by atoms with E-state index in [0.29, 0.717) is 0 Å². The highest BCUT2D eigenvalue weighted by atomic mass is 19.4. The van der Waals surface area contributed by atoms with Gasteiger partial charge < -0.3 is 9.47 Å². The minimum atomic E-state index is -4.62. The van der Waals surface area contributed by atoms with E-state index in [4.69, 9.17) is 9.47 Å². The van der Waals surface area contributed by atoms with Gasteiger partial charge >= 0.3 is 18.2 Å². The van der Waals surface area contributed by atoms with Gasteiger partial charge in [-0.15, -0.1) is 0 Å². The van der Waals surface area contributed by atoms with Gasteiger partial charge in [0, 0.05) is 19.3 Å². The van der Waals surface area contributed by atoms with Crippen molar-refractivity contribution in [2.45, 2.75) is 90.5 Å². The van der Waals surface area contributed by atoms with Gasteiger partial charge in [0.05, 0.1) is 17.9 Å². The summed E-state index contributed by atoms with van der Waals surface area (Å²) >= 11 is 0. The Balaban J connectivity index is 2.39. The van der Waals surface area contributed by atoms with Crippen LogP contribution >= 0.6 is 0 Å². The summed E-state index contributed by atoms with van der Waals surface area (Å²) in [5, 5.41) is 0. The second kappa shape index (κ2) is 9.74. The lowest BCUT2D eigenvalue weighted by atomic mass is 9.72. The third kappa shape index (κ3) is 7.53. The summed E-state index contributed by atoms with van der Waals surface area (Å²) in [7, 11) is 0. The van der Waals surface area contributed by atoms with Crippen LogP contribution in [0.15, 0.2) is 0 Å². The maximum absolute atomic E-state index is 13.4. The minimum absolute atomic E-state index is 0.111. The van der Waals surface area contributed by atoms with Gasteiger partial charge in [-0.05, 0) is 45.4 Å². The van der Waals surface area contributed by atoms with Gasteiger partial charge in [0.25, 0.3) is 0 Å². The van der Waals surface area contributed by atoms with Crippen LogP contribution in [0, 0.1) is 23.7 Å². The van der Waals surface area contributed by atoms with E-state index in [-0.39, 0.29) is 18.9 Å². The van der Waals surface area contributed by atoms with Crippen molar-refractivity contribution in [1.82, 2.24) is 4.90 Å². The Labute approximate surface area is 190 Å². The average molecular weight is 485 g/mol. The summed E-state index contributed by atoms with van der Waals surface area (Å²) in [5.74, 6) is -8.67. The number of esters is 1. The van der Waals surface area contributed by atoms with E-state index < -0.39 is 85.1 Å². The molecule has 0 unspecified atom stereocenters. The maximum atomic E-state index is 13.4. The SMILES string of the molecule is CC(C)[C@H]1COC(=O)N1C(=O)[C@H](CCC(F)(F)F)[C@@H](CC1CC(F)(F)C1)C(=O)OC(C)(C)C. The van der Waals surface area contributed by atoms with Crippen molar-refractivity contribution in [3.05, 3.63) is 0 Å². The van der Waals surface area contributed by atoms with Crippen molar-refractivity contribution in [1.29, 1.82) is 0 Å². The van der Waals surface area contributed by atoms with Gasteiger partial charge in [0.1, 0.15) is 12.2 Å². The zero-order chi connectivity index (χ0) is 25.4. The molecule has 1 aliphatic heterocycles. The third-order valence-corrected chi connectivity index (χ3v) is 5.93. The number of hydrogen-bond acceptors (Lipinski definition) is 5. The minimum Gasteiger partial charge on any atom is -0.460 e. The first-order chi connectivity index (χ1) is 14.9. The molecular weight excluding hydrogens is 453 g/mol. The van der Waals surface area contributed by atoms with Crippen LogP contribution in [0.2, 0.25) is 0 Å². The number of carbonyl (C=O) groups excluding carboxylic acids is 3. The smallest absolute Gasteiger partial charge is 0.416 e. The van der Waals surface area contributed by atoms with Crippen LogP contribution in [0.1, 0.15) is 66.7 Å². The standard InChI is InChI=1S/C22H32F5NO5/c1-12(2)16-11-32-19(31)28(16)17(29)14(6-7-22(25,26)27)15(18(30)33-20(3,4)5)8-13-9-21(23,24)10-13/h12-16H,6-11H2,1-5H3/t14-,15-,16-/m1/s1. The fraction of sp³-hybridized carbons (Fsp3) is 0.864. The Morgan fingerprint density at radius 2 is 1.73 bits per heavy atom. The van der Waals surface area contributed by atoms with Gasteiger partial charge in [0.15, 0.2) is 0 Å². The first-order valence-electron chi connectivity index (χ1n) is 11.1. The second-order valence-corrected chi connectivity index (χ2v) is 10.4. The quantitative estimate of drug-likeness (QED) is 0.343. The summed E-state index contributed by atoms with van der Waals surface area (Å²) in [6.07, 6.45) is -9.03. The van der Waals surface area contributed by atoms with Gasteiger partial charge in [-0.1, -0.05) is 13.8 Å². The number of carbonyl (C=O) groups is 3. The lowest BCUT2D eigenvalue weighted by Gasteiger charge is -2.39. The van der Waals surface area contributed by atoms with Crippen LogP contribution in [0.3, 0.4) is 0 Å². The summed E-state index contributed by atoms with van der Waals surface area (Å²) in [4.78, 5) is 39.5. The van der Waals surface area contributed by atoms with Gasteiger partial charge in [0.2, 0.25) is 11.8 Å². The lowest BCUT2D eigenvalue weighted by molar-refractivity contribution is -0.172. The summed E-state index contributed by atoms with van der Waals surface area (Å²) in [5.41, 5.74) is -1.01. The number of nitrogens with zero attached hydrogens (tertiary/aromatic N) is 1. The molecule has 1 saturated carbocycles. The predicted molar refractivity (Wildman–Crippen MR) is 107 cm³/mol. The second-order valence-electron chi connectivity index (χ2n) is 10.4. The van der Waals surface area contributed by atoms with E-state index in [1.165, 1.54) is 0 Å². The fourth-order valence-corrected chi connectivity index (χ4v) is 4.29. The van der Waals surface area contributed by atoms with Crippen LogP contribution in [0.5, 0.6) is 0 Å². The molecule has 2 rings (SSSR count). The molecule has 0 aromatic heterocycles. The first kappa shape index (κ1) is 27.3. The van der Waals surface area contributed by atoms with E-state index in [1.807, 2.05) is 0 Å². The molecule has 6 nitrogen and oxygen atoms in total. The molecule has 1 aliphatic carbocycles. The topological polar surface area (TPSA) is 72.9 Å². The molecule has 11 heteroatoms. The molecule has 0 radical (unpaired) electrons. The Hall–Kier alpha value is -1.94. The van der Waals surface area contributed by atoms with E-state index in [0.717, 1.165) is 4.90 Å². The van der Waals surface area contributed by atoms with Crippen LogP contribution in [-0.2, 0) is 19.1 Å². The fourth-order valence-electron chi connectivity index (χ4n) is 4.29. The van der Waals surface area contributed by atoms with Crippen molar-refractivity contribution in [3.63, 3.8) is 0 Å².